The molecule has 7 heteroatoms. The molecule has 1 fully saturated rings. The van der Waals surface area contributed by atoms with E-state index in [1.165, 1.54) is 0 Å². The number of carbonyl (C=O) groups is 1. The Labute approximate surface area is 151 Å². The van der Waals surface area contributed by atoms with E-state index in [0.717, 1.165) is 36.2 Å². The Morgan fingerprint density at radius 2 is 2.08 bits per heavy atom. The summed E-state index contributed by atoms with van der Waals surface area (Å²) in [6.07, 6.45) is 5.29. The third-order valence-electron chi connectivity index (χ3n) is 4.80. The molecule has 0 spiro atoms. The van der Waals surface area contributed by atoms with Gasteiger partial charge in [0.25, 0.3) is 0 Å². The molecule has 0 aliphatic carbocycles. The summed E-state index contributed by atoms with van der Waals surface area (Å²) >= 11 is 0. The summed E-state index contributed by atoms with van der Waals surface area (Å²) in [7, 11) is 0. The van der Waals surface area contributed by atoms with Crippen molar-refractivity contribution in [1.82, 2.24) is 25.3 Å². The first kappa shape index (κ1) is 16.5. The van der Waals surface area contributed by atoms with Gasteiger partial charge in [0.2, 0.25) is 11.9 Å². The predicted molar refractivity (Wildman–Crippen MR) is 99.6 cm³/mol. The van der Waals surface area contributed by atoms with Crippen molar-refractivity contribution in [2.24, 2.45) is 5.92 Å². The molecule has 2 aromatic heterocycles. The van der Waals surface area contributed by atoms with Gasteiger partial charge in [-0.05, 0) is 38.0 Å². The minimum absolute atomic E-state index is 0.0542. The molecule has 2 N–H and O–H groups in total. The quantitative estimate of drug-likeness (QED) is 0.755. The van der Waals surface area contributed by atoms with Crippen molar-refractivity contribution in [3.8, 4) is 0 Å². The van der Waals surface area contributed by atoms with Gasteiger partial charge in [0, 0.05) is 25.5 Å². The van der Waals surface area contributed by atoms with E-state index in [-0.39, 0.29) is 17.9 Å². The number of anilines is 1. The lowest BCUT2D eigenvalue weighted by Crippen LogP contribution is -2.44. The van der Waals surface area contributed by atoms with Crippen molar-refractivity contribution in [1.29, 1.82) is 0 Å². The van der Waals surface area contributed by atoms with Crippen molar-refractivity contribution >= 4 is 22.9 Å². The highest BCUT2D eigenvalue weighted by atomic mass is 16.2. The molecular formula is C19H22N6O. The number of para-hydroxylation sites is 2. The lowest BCUT2D eigenvalue weighted by atomic mass is 9.97. The number of hydrogen-bond donors (Lipinski definition) is 2. The summed E-state index contributed by atoms with van der Waals surface area (Å²) in [6, 6.07) is 9.50. The Kier molecular flexibility index (Phi) is 4.51. The number of fused-ring (bicyclic) bond motifs is 1. The van der Waals surface area contributed by atoms with Crippen LogP contribution in [0.4, 0.5) is 5.95 Å². The molecule has 26 heavy (non-hydrogen) atoms. The van der Waals surface area contributed by atoms with Crippen LogP contribution in [0.25, 0.3) is 11.0 Å². The maximum atomic E-state index is 12.8. The number of imidazole rings is 1. The van der Waals surface area contributed by atoms with Gasteiger partial charge in [0.1, 0.15) is 5.82 Å². The third kappa shape index (κ3) is 3.37. The molecule has 1 amide bonds. The predicted octanol–water partition coefficient (Wildman–Crippen LogP) is 2.45. The van der Waals surface area contributed by atoms with Crippen LogP contribution in [-0.4, -0.2) is 38.9 Å². The van der Waals surface area contributed by atoms with Gasteiger partial charge in [-0.15, -0.1) is 0 Å². The van der Waals surface area contributed by atoms with E-state index < -0.39 is 0 Å². The molecule has 3 heterocycles. The van der Waals surface area contributed by atoms with E-state index in [4.69, 9.17) is 0 Å². The fourth-order valence-electron chi connectivity index (χ4n) is 3.40. The minimum Gasteiger partial charge on any atom is -0.346 e. The molecule has 0 saturated carbocycles. The number of H-pyrrole nitrogens is 1. The van der Waals surface area contributed by atoms with Crippen LogP contribution in [-0.2, 0) is 4.79 Å². The van der Waals surface area contributed by atoms with Crippen molar-refractivity contribution in [3.05, 3.63) is 48.5 Å². The van der Waals surface area contributed by atoms with Gasteiger partial charge >= 0.3 is 0 Å². The van der Waals surface area contributed by atoms with Gasteiger partial charge in [-0.25, -0.2) is 15.0 Å². The molecule has 3 aromatic rings. The zero-order valence-corrected chi connectivity index (χ0v) is 14.7. The number of rotatable bonds is 4. The normalized spacial score (nSPS) is 18.7. The Morgan fingerprint density at radius 3 is 2.88 bits per heavy atom. The SMILES string of the molecule is CC(NC(=O)C1CCCN(c2ncccn2)C1)c1nc2ccccc2[nH]1. The molecule has 1 aromatic carbocycles. The Bertz CT molecular complexity index is 860. The van der Waals surface area contributed by atoms with Gasteiger partial charge in [0.05, 0.1) is 23.0 Å². The number of aromatic amines is 1. The Morgan fingerprint density at radius 1 is 1.27 bits per heavy atom. The first-order chi connectivity index (χ1) is 12.7. The van der Waals surface area contributed by atoms with Crippen LogP contribution in [0.5, 0.6) is 0 Å². The van der Waals surface area contributed by atoms with Crippen LogP contribution < -0.4 is 10.2 Å². The standard InChI is InChI=1S/C19H22N6O/c1-13(17-23-15-7-2-3-8-16(15)24-17)22-18(26)14-6-4-11-25(12-14)19-20-9-5-10-21-19/h2-3,5,7-10,13-14H,4,6,11-12H2,1H3,(H,22,26)(H,23,24). The maximum absolute atomic E-state index is 12.8. The van der Waals surface area contributed by atoms with Crippen LogP contribution in [0.15, 0.2) is 42.7 Å². The summed E-state index contributed by atoms with van der Waals surface area (Å²) in [5.74, 6) is 1.45. The molecule has 0 bridgehead atoms. The number of amides is 1. The average molecular weight is 350 g/mol. The number of hydrogen-bond acceptors (Lipinski definition) is 5. The second-order valence-corrected chi connectivity index (χ2v) is 6.70. The van der Waals surface area contributed by atoms with Crippen LogP contribution in [0.1, 0.15) is 31.6 Å². The monoisotopic (exact) mass is 350 g/mol. The van der Waals surface area contributed by atoms with Crippen LogP contribution in [0.3, 0.4) is 0 Å². The number of nitrogens with one attached hydrogen (secondary N) is 2. The highest BCUT2D eigenvalue weighted by Crippen LogP contribution is 2.22. The minimum atomic E-state index is -0.168. The summed E-state index contributed by atoms with van der Waals surface area (Å²) < 4.78 is 0. The van der Waals surface area contributed by atoms with E-state index in [0.29, 0.717) is 12.5 Å². The summed E-state index contributed by atoms with van der Waals surface area (Å²) in [6.45, 7) is 3.48. The topological polar surface area (TPSA) is 86.8 Å². The second kappa shape index (κ2) is 7.11. The van der Waals surface area contributed by atoms with Gasteiger partial charge in [-0.3, -0.25) is 4.79 Å². The van der Waals surface area contributed by atoms with E-state index in [1.54, 1.807) is 18.5 Å². The number of benzene rings is 1. The molecule has 2 atom stereocenters. The summed E-state index contributed by atoms with van der Waals surface area (Å²) in [5.41, 5.74) is 1.89. The second-order valence-electron chi connectivity index (χ2n) is 6.70. The summed E-state index contributed by atoms with van der Waals surface area (Å²) in [5, 5.41) is 3.10. The number of aromatic nitrogens is 4. The van der Waals surface area contributed by atoms with Crippen LogP contribution in [0, 0.1) is 5.92 Å². The lowest BCUT2D eigenvalue weighted by Gasteiger charge is -2.32. The number of piperidine rings is 1. The van der Waals surface area contributed by atoms with E-state index in [9.17, 15) is 4.79 Å². The highest BCUT2D eigenvalue weighted by Gasteiger charge is 2.28. The molecule has 1 aliphatic rings. The van der Waals surface area contributed by atoms with Gasteiger partial charge in [0.15, 0.2) is 0 Å². The highest BCUT2D eigenvalue weighted by molar-refractivity contribution is 5.80. The lowest BCUT2D eigenvalue weighted by molar-refractivity contribution is -0.126. The Hall–Kier alpha value is -2.96. The van der Waals surface area contributed by atoms with Crippen molar-refractivity contribution in [2.45, 2.75) is 25.8 Å². The molecule has 7 nitrogen and oxygen atoms in total. The van der Waals surface area contributed by atoms with Crippen LogP contribution >= 0.6 is 0 Å². The smallest absolute Gasteiger partial charge is 0.225 e. The molecule has 1 aliphatic heterocycles. The maximum Gasteiger partial charge on any atom is 0.225 e. The molecule has 2 unspecified atom stereocenters. The fourth-order valence-corrected chi connectivity index (χ4v) is 3.40. The van der Waals surface area contributed by atoms with Crippen LogP contribution in [0.2, 0.25) is 0 Å². The van der Waals surface area contributed by atoms with Crippen molar-refractivity contribution < 1.29 is 4.79 Å². The van der Waals surface area contributed by atoms with Gasteiger partial charge in [-0.2, -0.15) is 0 Å². The first-order valence-corrected chi connectivity index (χ1v) is 8.97. The van der Waals surface area contributed by atoms with Gasteiger partial charge < -0.3 is 15.2 Å². The fraction of sp³-hybridized carbons (Fsp3) is 0.368. The van der Waals surface area contributed by atoms with Gasteiger partial charge in [-0.1, -0.05) is 12.1 Å². The largest absolute Gasteiger partial charge is 0.346 e. The van der Waals surface area contributed by atoms with E-state index in [1.807, 2.05) is 31.2 Å². The van der Waals surface area contributed by atoms with Crippen molar-refractivity contribution in [3.63, 3.8) is 0 Å². The first-order valence-electron chi connectivity index (χ1n) is 8.97. The molecular weight excluding hydrogens is 328 g/mol. The Balaban J connectivity index is 1.42. The van der Waals surface area contributed by atoms with Crippen molar-refractivity contribution in [2.75, 3.05) is 18.0 Å². The van der Waals surface area contributed by atoms with E-state index in [2.05, 4.69) is 30.2 Å². The number of carbonyl (C=O) groups excluding carboxylic acids is 1. The number of nitrogens with zero attached hydrogens (tertiary/aromatic N) is 4. The average Bonchev–Trinajstić information content (AvgIpc) is 3.13. The molecule has 134 valence electrons. The zero-order chi connectivity index (χ0) is 17.9. The molecule has 1 saturated heterocycles. The molecule has 0 radical (unpaired) electrons. The zero-order valence-electron chi connectivity index (χ0n) is 14.7. The molecule has 4 rings (SSSR count). The third-order valence-corrected chi connectivity index (χ3v) is 4.80. The summed E-state index contributed by atoms with van der Waals surface area (Å²) in [4.78, 5) is 31.3. The van der Waals surface area contributed by atoms with E-state index >= 15 is 0 Å².